The summed E-state index contributed by atoms with van der Waals surface area (Å²) in [7, 11) is 0. The Kier molecular flexibility index (Phi) is 1.49. The van der Waals surface area contributed by atoms with Gasteiger partial charge in [-0.25, -0.2) is 4.52 Å². The van der Waals surface area contributed by atoms with Crippen LogP contribution in [0.1, 0.15) is 35.7 Å². The Bertz CT molecular complexity index is 492. The van der Waals surface area contributed by atoms with Crippen molar-refractivity contribution in [3.05, 3.63) is 35.2 Å². The van der Waals surface area contributed by atoms with Gasteiger partial charge in [0.05, 0.1) is 11.2 Å². The average molecular weight is 186 g/mol. The lowest BCUT2D eigenvalue weighted by Gasteiger charge is -1.96. The Hall–Kier alpha value is -1.31. The smallest absolute Gasteiger partial charge is 0.0696 e. The Labute approximate surface area is 83.6 Å². The zero-order valence-corrected chi connectivity index (χ0v) is 8.62. The van der Waals surface area contributed by atoms with E-state index >= 15 is 0 Å². The summed E-state index contributed by atoms with van der Waals surface area (Å²) >= 11 is 0. The van der Waals surface area contributed by atoms with Crippen molar-refractivity contribution in [3.63, 3.8) is 0 Å². The molecule has 2 heteroatoms. The molecule has 0 aromatic carbocycles. The first kappa shape index (κ1) is 8.04. The second-order valence-electron chi connectivity index (χ2n) is 4.25. The first-order valence-corrected chi connectivity index (χ1v) is 5.22. The van der Waals surface area contributed by atoms with E-state index in [0.29, 0.717) is 0 Å². The van der Waals surface area contributed by atoms with Crippen LogP contribution in [0, 0.1) is 13.8 Å². The van der Waals surface area contributed by atoms with Crippen molar-refractivity contribution in [1.29, 1.82) is 0 Å². The Morgan fingerprint density at radius 3 is 2.71 bits per heavy atom. The molecule has 0 N–H and O–H groups in total. The SMILES string of the molecule is Cc1c(C2CC2)nn2c(C)cccc12. The van der Waals surface area contributed by atoms with Crippen molar-refractivity contribution in [2.24, 2.45) is 0 Å². The van der Waals surface area contributed by atoms with E-state index < -0.39 is 0 Å². The van der Waals surface area contributed by atoms with Crippen molar-refractivity contribution < 1.29 is 0 Å². The van der Waals surface area contributed by atoms with Crippen LogP contribution in [0.15, 0.2) is 18.2 Å². The lowest BCUT2D eigenvalue weighted by atomic mass is 10.1. The molecule has 2 aromatic heterocycles. The third-order valence-electron chi connectivity index (χ3n) is 3.09. The number of pyridine rings is 1. The van der Waals surface area contributed by atoms with E-state index in [1.54, 1.807) is 0 Å². The summed E-state index contributed by atoms with van der Waals surface area (Å²) in [6, 6.07) is 6.37. The first-order valence-electron chi connectivity index (χ1n) is 5.22. The minimum Gasteiger partial charge on any atom is -0.238 e. The van der Waals surface area contributed by atoms with Crippen LogP contribution in [0.5, 0.6) is 0 Å². The van der Waals surface area contributed by atoms with Crippen LogP contribution in [-0.2, 0) is 0 Å². The first-order chi connectivity index (χ1) is 6.77. The van der Waals surface area contributed by atoms with Gasteiger partial charge in [0.25, 0.3) is 0 Å². The number of aryl methyl sites for hydroxylation is 2. The van der Waals surface area contributed by atoms with Gasteiger partial charge in [-0.2, -0.15) is 5.10 Å². The quantitative estimate of drug-likeness (QED) is 0.669. The van der Waals surface area contributed by atoms with Gasteiger partial charge >= 0.3 is 0 Å². The highest BCUT2D eigenvalue weighted by Gasteiger charge is 2.28. The molecule has 0 radical (unpaired) electrons. The molecule has 0 saturated heterocycles. The van der Waals surface area contributed by atoms with Gasteiger partial charge in [-0.05, 0) is 44.4 Å². The molecular weight excluding hydrogens is 172 g/mol. The van der Waals surface area contributed by atoms with E-state index in [2.05, 4.69) is 36.6 Å². The standard InChI is InChI=1S/C12H14N2/c1-8-4-3-5-11-9(2)12(10-6-7-10)13-14(8)11/h3-5,10H,6-7H2,1-2H3. The van der Waals surface area contributed by atoms with Crippen molar-refractivity contribution >= 4 is 5.52 Å². The fourth-order valence-electron chi connectivity index (χ4n) is 2.08. The number of rotatable bonds is 1. The number of nitrogens with zero attached hydrogens (tertiary/aromatic N) is 2. The maximum atomic E-state index is 4.69. The van der Waals surface area contributed by atoms with Crippen molar-refractivity contribution in [1.82, 2.24) is 9.61 Å². The summed E-state index contributed by atoms with van der Waals surface area (Å²) < 4.78 is 2.07. The van der Waals surface area contributed by atoms with Crippen LogP contribution in [0.2, 0.25) is 0 Å². The largest absolute Gasteiger partial charge is 0.238 e. The van der Waals surface area contributed by atoms with Crippen LogP contribution in [0.25, 0.3) is 5.52 Å². The zero-order valence-electron chi connectivity index (χ0n) is 8.62. The van der Waals surface area contributed by atoms with E-state index in [1.165, 1.54) is 35.3 Å². The lowest BCUT2D eigenvalue weighted by molar-refractivity contribution is 0.861. The minimum atomic E-state index is 0.745. The number of hydrogen-bond acceptors (Lipinski definition) is 1. The van der Waals surface area contributed by atoms with E-state index in [4.69, 9.17) is 5.10 Å². The fourth-order valence-corrected chi connectivity index (χ4v) is 2.08. The molecule has 0 atom stereocenters. The fraction of sp³-hybridized carbons (Fsp3) is 0.417. The molecule has 0 unspecified atom stereocenters. The molecule has 0 bridgehead atoms. The normalized spacial score (nSPS) is 16.4. The van der Waals surface area contributed by atoms with Gasteiger partial charge in [0.1, 0.15) is 0 Å². The molecule has 1 fully saturated rings. The number of hydrogen-bond donors (Lipinski definition) is 0. The summed E-state index contributed by atoms with van der Waals surface area (Å²) in [4.78, 5) is 0. The third kappa shape index (κ3) is 0.999. The van der Waals surface area contributed by atoms with Gasteiger partial charge in [-0.3, -0.25) is 0 Å². The topological polar surface area (TPSA) is 17.3 Å². The Morgan fingerprint density at radius 1 is 1.29 bits per heavy atom. The zero-order chi connectivity index (χ0) is 9.71. The predicted octanol–water partition coefficient (Wildman–Crippen LogP) is 2.83. The molecule has 1 saturated carbocycles. The van der Waals surface area contributed by atoms with Crippen LogP contribution < -0.4 is 0 Å². The summed E-state index contributed by atoms with van der Waals surface area (Å²) in [5, 5.41) is 4.69. The molecule has 0 aliphatic heterocycles. The summed E-state index contributed by atoms with van der Waals surface area (Å²) in [5.41, 5.74) is 5.18. The summed E-state index contributed by atoms with van der Waals surface area (Å²) in [6.45, 7) is 4.30. The molecule has 1 aliphatic rings. The molecule has 2 heterocycles. The average Bonchev–Trinajstić information content (AvgIpc) is 2.94. The monoisotopic (exact) mass is 186 g/mol. The molecule has 0 amide bonds. The lowest BCUT2D eigenvalue weighted by Crippen LogP contribution is -1.92. The summed E-state index contributed by atoms with van der Waals surface area (Å²) in [6.07, 6.45) is 2.65. The highest BCUT2D eigenvalue weighted by Crippen LogP contribution is 2.41. The van der Waals surface area contributed by atoms with Gasteiger partial charge in [0.2, 0.25) is 0 Å². The van der Waals surface area contributed by atoms with Crippen LogP contribution in [0.4, 0.5) is 0 Å². The van der Waals surface area contributed by atoms with E-state index in [-0.39, 0.29) is 0 Å². The molecular formula is C12H14N2. The van der Waals surface area contributed by atoms with Crippen LogP contribution in [-0.4, -0.2) is 9.61 Å². The highest BCUT2D eigenvalue weighted by atomic mass is 15.2. The molecule has 0 spiro atoms. The Balaban J connectivity index is 2.33. The van der Waals surface area contributed by atoms with Gasteiger partial charge in [-0.1, -0.05) is 6.07 Å². The summed E-state index contributed by atoms with van der Waals surface area (Å²) in [5.74, 6) is 0.745. The predicted molar refractivity (Wildman–Crippen MR) is 56.6 cm³/mol. The van der Waals surface area contributed by atoms with E-state index in [0.717, 1.165) is 5.92 Å². The maximum Gasteiger partial charge on any atom is 0.0696 e. The Morgan fingerprint density at radius 2 is 2.07 bits per heavy atom. The van der Waals surface area contributed by atoms with E-state index in [1.807, 2.05) is 0 Å². The van der Waals surface area contributed by atoms with Gasteiger partial charge in [0.15, 0.2) is 0 Å². The van der Waals surface area contributed by atoms with Crippen LogP contribution >= 0.6 is 0 Å². The second kappa shape index (κ2) is 2.59. The molecule has 3 rings (SSSR count). The number of aromatic nitrogens is 2. The molecule has 1 aliphatic carbocycles. The molecule has 14 heavy (non-hydrogen) atoms. The van der Waals surface area contributed by atoms with Gasteiger partial charge in [0, 0.05) is 11.6 Å². The highest BCUT2D eigenvalue weighted by molar-refractivity contribution is 5.57. The van der Waals surface area contributed by atoms with Crippen LogP contribution in [0.3, 0.4) is 0 Å². The minimum absolute atomic E-state index is 0.745. The molecule has 72 valence electrons. The van der Waals surface area contributed by atoms with Crippen molar-refractivity contribution in [3.8, 4) is 0 Å². The third-order valence-corrected chi connectivity index (χ3v) is 3.09. The molecule has 2 nitrogen and oxygen atoms in total. The van der Waals surface area contributed by atoms with E-state index in [9.17, 15) is 0 Å². The van der Waals surface area contributed by atoms with Gasteiger partial charge in [-0.15, -0.1) is 0 Å². The second-order valence-corrected chi connectivity index (χ2v) is 4.25. The maximum absolute atomic E-state index is 4.69. The van der Waals surface area contributed by atoms with Crippen molar-refractivity contribution in [2.45, 2.75) is 32.6 Å². The van der Waals surface area contributed by atoms with Gasteiger partial charge < -0.3 is 0 Å². The number of fused-ring (bicyclic) bond motifs is 1. The van der Waals surface area contributed by atoms with Crippen molar-refractivity contribution in [2.75, 3.05) is 0 Å². The molecule has 2 aromatic rings.